The van der Waals surface area contributed by atoms with Crippen LogP contribution in [0.4, 0.5) is 4.79 Å². The molecule has 1 aromatic heterocycles. The summed E-state index contributed by atoms with van der Waals surface area (Å²) in [6, 6.07) is 19.5. The van der Waals surface area contributed by atoms with Crippen molar-refractivity contribution >= 4 is 34.6 Å². The highest BCUT2D eigenvalue weighted by molar-refractivity contribution is 5.93. The number of aliphatic hydroxyl groups is 1. The SMILES string of the molecule is CCOC(=O)C[C@H](O)[C@@H](NC(=O)[C@@H](Cc1c[nH]cn1)NC(=O)[C@@H](Cc1cccc2ccccc12)NC(=O)OCc1ccccc1)C(C)CC. The number of aromatic nitrogens is 2. The number of nitrogens with one attached hydrogen (secondary N) is 4. The molecule has 0 spiro atoms. The van der Waals surface area contributed by atoms with E-state index in [1.54, 1.807) is 13.1 Å². The highest BCUT2D eigenvalue weighted by Gasteiger charge is 2.33. The molecule has 5 N–H and O–H groups in total. The molecule has 1 unspecified atom stereocenters. The van der Waals surface area contributed by atoms with E-state index < -0.39 is 48.1 Å². The number of nitrogens with zero attached hydrogens (tertiary/aromatic N) is 1. The van der Waals surface area contributed by atoms with Crippen LogP contribution in [0.25, 0.3) is 10.8 Å². The van der Waals surface area contributed by atoms with Crippen LogP contribution >= 0.6 is 0 Å². The minimum Gasteiger partial charge on any atom is -0.466 e. The van der Waals surface area contributed by atoms with Crippen LogP contribution in [0.1, 0.15) is 50.4 Å². The van der Waals surface area contributed by atoms with Gasteiger partial charge in [-0.1, -0.05) is 93.1 Å². The Morgan fingerprint density at radius 1 is 0.837 bits per heavy atom. The van der Waals surface area contributed by atoms with Crippen molar-refractivity contribution in [3.8, 4) is 0 Å². The summed E-state index contributed by atoms with van der Waals surface area (Å²) < 4.78 is 10.5. The molecular formula is C37H45N5O7. The fourth-order valence-electron chi connectivity index (χ4n) is 5.55. The lowest BCUT2D eigenvalue weighted by atomic mass is 9.92. The van der Waals surface area contributed by atoms with Crippen molar-refractivity contribution in [2.75, 3.05) is 6.61 Å². The van der Waals surface area contributed by atoms with Crippen molar-refractivity contribution < 1.29 is 33.8 Å². The molecule has 0 saturated heterocycles. The Morgan fingerprint density at radius 3 is 2.24 bits per heavy atom. The minimum atomic E-state index is -1.22. The number of aliphatic hydroxyl groups excluding tert-OH is 1. The lowest BCUT2D eigenvalue weighted by molar-refractivity contribution is -0.146. The zero-order valence-corrected chi connectivity index (χ0v) is 28.1. The molecule has 0 bridgehead atoms. The largest absolute Gasteiger partial charge is 0.466 e. The fourth-order valence-corrected chi connectivity index (χ4v) is 5.55. The maximum Gasteiger partial charge on any atom is 0.408 e. The van der Waals surface area contributed by atoms with Crippen molar-refractivity contribution in [2.45, 2.75) is 77.3 Å². The third-order valence-electron chi connectivity index (χ3n) is 8.39. The van der Waals surface area contributed by atoms with Gasteiger partial charge in [-0.3, -0.25) is 14.4 Å². The normalized spacial score (nSPS) is 14.1. The van der Waals surface area contributed by atoms with Crippen LogP contribution in [0, 0.1) is 5.92 Å². The van der Waals surface area contributed by atoms with Gasteiger partial charge in [0.05, 0.1) is 37.2 Å². The molecule has 3 aromatic carbocycles. The Kier molecular flexibility index (Phi) is 13.7. The van der Waals surface area contributed by atoms with E-state index in [1.807, 2.05) is 86.6 Å². The average molecular weight is 672 g/mol. The third-order valence-corrected chi connectivity index (χ3v) is 8.39. The fraction of sp³-hybridized carbons (Fsp3) is 0.378. The van der Waals surface area contributed by atoms with Gasteiger partial charge >= 0.3 is 12.1 Å². The second kappa shape index (κ2) is 18.3. The summed E-state index contributed by atoms with van der Waals surface area (Å²) in [6.07, 6.45) is 1.48. The number of carbonyl (C=O) groups excluding carboxylic acids is 4. The first kappa shape index (κ1) is 36.6. The van der Waals surface area contributed by atoms with E-state index in [-0.39, 0.29) is 38.4 Å². The van der Waals surface area contributed by atoms with Gasteiger partial charge in [-0.05, 0) is 34.7 Å². The van der Waals surface area contributed by atoms with Gasteiger partial charge in [0.25, 0.3) is 0 Å². The zero-order chi connectivity index (χ0) is 35.2. The Labute approximate surface area is 286 Å². The summed E-state index contributed by atoms with van der Waals surface area (Å²) >= 11 is 0. The molecule has 1 heterocycles. The van der Waals surface area contributed by atoms with Crippen LogP contribution in [-0.2, 0) is 43.3 Å². The predicted octanol–water partition coefficient (Wildman–Crippen LogP) is 3.97. The number of H-pyrrole nitrogens is 1. The summed E-state index contributed by atoms with van der Waals surface area (Å²) in [5.41, 5.74) is 2.10. The second-order valence-corrected chi connectivity index (χ2v) is 11.9. The molecule has 5 atom stereocenters. The van der Waals surface area contributed by atoms with Crippen molar-refractivity contribution in [2.24, 2.45) is 5.92 Å². The Balaban J connectivity index is 1.58. The number of amides is 3. The molecule has 3 amide bonds. The van der Waals surface area contributed by atoms with E-state index in [1.165, 1.54) is 6.33 Å². The van der Waals surface area contributed by atoms with E-state index >= 15 is 0 Å². The van der Waals surface area contributed by atoms with Gasteiger partial charge in [0.2, 0.25) is 11.8 Å². The van der Waals surface area contributed by atoms with Crippen LogP contribution in [0.15, 0.2) is 85.3 Å². The van der Waals surface area contributed by atoms with Gasteiger partial charge in [0, 0.05) is 19.0 Å². The lowest BCUT2D eigenvalue weighted by Gasteiger charge is -2.31. The van der Waals surface area contributed by atoms with Crippen molar-refractivity contribution in [1.29, 1.82) is 0 Å². The molecule has 4 aromatic rings. The molecular weight excluding hydrogens is 626 g/mol. The van der Waals surface area contributed by atoms with Gasteiger partial charge in [-0.15, -0.1) is 0 Å². The molecule has 260 valence electrons. The van der Waals surface area contributed by atoms with E-state index in [4.69, 9.17) is 9.47 Å². The number of alkyl carbamates (subject to hydrolysis) is 1. The maximum absolute atomic E-state index is 14.1. The van der Waals surface area contributed by atoms with Crippen LogP contribution < -0.4 is 16.0 Å². The van der Waals surface area contributed by atoms with Crippen molar-refractivity contribution in [3.05, 3.63) is 102 Å². The predicted molar refractivity (Wildman–Crippen MR) is 184 cm³/mol. The first-order chi connectivity index (χ1) is 23.7. The second-order valence-electron chi connectivity index (χ2n) is 11.9. The van der Waals surface area contributed by atoms with Gasteiger partial charge in [-0.2, -0.15) is 0 Å². The molecule has 49 heavy (non-hydrogen) atoms. The van der Waals surface area contributed by atoms with Gasteiger partial charge < -0.3 is 35.5 Å². The summed E-state index contributed by atoms with van der Waals surface area (Å²) in [6.45, 7) is 5.60. The molecule has 0 aliphatic carbocycles. The summed E-state index contributed by atoms with van der Waals surface area (Å²) in [7, 11) is 0. The number of hydrogen-bond acceptors (Lipinski definition) is 8. The van der Waals surface area contributed by atoms with Crippen LogP contribution in [0.3, 0.4) is 0 Å². The van der Waals surface area contributed by atoms with Gasteiger partial charge in [0.1, 0.15) is 18.7 Å². The Bertz CT molecular complexity index is 1660. The number of benzene rings is 3. The molecule has 0 aliphatic rings. The first-order valence-electron chi connectivity index (χ1n) is 16.5. The molecule has 0 fully saturated rings. The van der Waals surface area contributed by atoms with E-state index in [0.29, 0.717) is 12.1 Å². The van der Waals surface area contributed by atoms with Crippen LogP contribution in [-0.4, -0.2) is 69.8 Å². The summed E-state index contributed by atoms with van der Waals surface area (Å²) in [4.78, 5) is 60.2. The van der Waals surface area contributed by atoms with E-state index in [0.717, 1.165) is 21.9 Å². The topological polar surface area (TPSA) is 172 Å². The highest BCUT2D eigenvalue weighted by atomic mass is 16.5. The lowest BCUT2D eigenvalue weighted by Crippen LogP contribution is -2.58. The molecule has 0 saturated carbocycles. The van der Waals surface area contributed by atoms with E-state index in [2.05, 4.69) is 25.9 Å². The Hall–Kier alpha value is -5.23. The number of rotatable bonds is 17. The minimum absolute atomic E-state index is 0.00456. The number of hydrogen-bond donors (Lipinski definition) is 5. The number of esters is 1. The smallest absolute Gasteiger partial charge is 0.408 e. The standard InChI is InChI=1S/C37H45N5O7/c1-4-24(3)34(32(43)20-33(44)48-5-2)42-36(46)31(19-28-21-38-23-39-28)40-35(45)30(41-37(47)49-22-25-12-7-6-8-13-25)18-27-16-11-15-26-14-9-10-17-29(26)27/h6-17,21,23-24,30-32,34,43H,4-5,18-20,22H2,1-3H3,(H,38,39)(H,40,45)(H,41,47)(H,42,46)/t24?,30-,31-,32+,34+/m1/s1. The van der Waals surface area contributed by atoms with Crippen LogP contribution in [0.5, 0.6) is 0 Å². The van der Waals surface area contributed by atoms with E-state index in [9.17, 15) is 24.3 Å². The van der Waals surface area contributed by atoms with Gasteiger partial charge in [-0.25, -0.2) is 9.78 Å². The molecule has 0 aliphatic heterocycles. The number of aromatic amines is 1. The number of carbonyl (C=O) groups is 4. The molecule has 12 nitrogen and oxygen atoms in total. The van der Waals surface area contributed by atoms with Crippen LogP contribution in [0.2, 0.25) is 0 Å². The molecule has 12 heteroatoms. The highest BCUT2D eigenvalue weighted by Crippen LogP contribution is 2.20. The van der Waals surface area contributed by atoms with Gasteiger partial charge in [0.15, 0.2) is 0 Å². The van der Waals surface area contributed by atoms with Crippen molar-refractivity contribution in [3.63, 3.8) is 0 Å². The monoisotopic (exact) mass is 671 g/mol. The first-order valence-corrected chi connectivity index (χ1v) is 16.5. The molecule has 4 rings (SSSR count). The quantitative estimate of drug-likeness (QED) is 0.105. The maximum atomic E-state index is 14.1. The van der Waals surface area contributed by atoms with Crippen molar-refractivity contribution in [1.82, 2.24) is 25.9 Å². The number of fused-ring (bicyclic) bond motifs is 1. The molecule has 0 radical (unpaired) electrons. The number of imidazole rings is 1. The summed E-state index contributed by atoms with van der Waals surface area (Å²) in [5.74, 6) is -2.00. The summed E-state index contributed by atoms with van der Waals surface area (Å²) in [5, 5.41) is 21.2. The zero-order valence-electron chi connectivity index (χ0n) is 28.1. The average Bonchev–Trinajstić information content (AvgIpc) is 3.62. The Morgan fingerprint density at radius 2 is 1.53 bits per heavy atom. The third kappa shape index (κ3) is 10.9. The number of ether oxygens (including phenoxy) is 2.